The van der Waals surface area contributed by atoms with Crippen molar-refractivity contribution < 1.29 is 34.8 Å². The van der Waals surface area contributed by atoms with E-state index in [4.69, 9.17) is 10.2 Å². The van der Waals surface area contributed by atoms with Gasteiger partial charge in [-0.1, -0.05) is 82.6 Å². The second-order valence-electron chi connectivity index (χ2n) is 11.8. The quantitative estimate of drug-likeness (QED) is 0.0461. The van der Waals surface area contributed by atoms with Crippen molar-refractivity contribution in [2.75, 3.05) is 0 Å². The number of ketones is 1. The average Bonchev–Trinajstić information content (AvgIpc) is 2.87. The molecule has 0 heterocycles. The maximum Gasteiger partial charge on any atom is 0.328 e. The second kappa shape index (κ2) is 19.9. The molecular formula is C33H54O7S. The van der Waals surface area contributed by atoms with E-state index in [1.54, 1.807) is 26.8 Å². The van der Waals surface area contributed by atoms with Gasteiger partial charge in [0.1, 0.15) is 5.78 Å². The lowest BCUT2D eigenvalue weighted by atomic mass is 9.82. The van der Waals surface area contributed by atoms with Gasteiger partial charge in [-0.25, -0.2) is 4.79 Å². The lowest BCUT2D eigenvalue weighted by Crippen LogP contribution is -2.34. The topological polar surface area (TPSA) is 132 Å². The number of carbonyl (C=O) groups excluding carboxylic acids is 1. The summed E-state index contributed by atoms with van der Waals surface area (Å²) in [5.74, 6) is -3.03. The molecule has 0 rings (SSSR count). The summed E-state index contributed by atoms with van der Waals surface area (Å²) in [6, 6.07) is 0. The maximum absolute atomic E-state index is 13.0. The lowest BCUT2D eigenvalue weighted by molar-refractivity contribution is -0.137. The third kappa shape index (κ3) is 16.2. The molecule has 4 N–H and O–H groups in total. The van der Waals surface area contributed by atoms with Gasteiger partial charge in [-0.15, -0.1) is 0 Å². The van der Waals surface area contributed by atoms with Crippen molar-refractivity contribution in [1.82, 2.24) is 0 Å². The smallest absolute Gasteiger partial charge is 0.328 e. The summed E-state index contributed by atoms with van der Waals surface area (Å²) in [4.78, 5) is 34.7. The summed E-state index contributed by atoms with van der Waals surface area (Å²) >= 11 is 4.32. The Kier molecular flexibility index (Phi) is 18.8. The standard InChI is InChI=1S/C33H54O7S/c1-9-27(13-14-28(34)25(7)29(41)19-31(37)38)17-21(3)12-10-11-20(2)15-23(5)32(39)26(8)33(40)24(6)16-22(4)18-30(35)36/h13-15,17-18,21,23-26,28-29,33-34,40-41H,9-12,16,19H2,1-8H3,(H,35,36)(H,37,38)/b14-13+,20-15+,22-18+,27-17-/t21-,23-,24+,25-,26-,28+,29-,33-/m1/s1. The van der Waals surface area contributed by atoms with Gasteiger partial charge >= 0.3 is 11.9 Å². The zero-order chi connectivity index (χ0) is 31.9. The highest BCUT2D eigenvalue weighted by Crippen LogP contribution is 2.25. The highest BCUT2D eigenvalue weighted by molar-refractivity contribution is 7.81. The molecule has 8 heteroatoms. The molecule has 0 saturated heterocycles. The van der Waals surface area contributed by atoms with Crippen LogP contribution < -0.4 is 0 Å². The van der Waals surface area contributed by atoms with Gasteiger partial charge in [0.25, 0.3) is 0 Å². The zero-order valence-electron chi connectivity index (χ0n) is 26.2. The van der Waals surface area contributed by atoms with Crippen LogP contribution >= 0.6 is 12.6 Å². The Bertz CT molecular complexity index is 965. The van der Waals surface area contributed by atoms with E-state index in [0.29, 0.717) is 17.9 Å². The summed E-state index contributed by atoms with van der Waals surface area (Å²) in [5.41, 5.74) is 2.90. The fourth-order valence-electron chi connectivity index (χ4n) is 5.00. The van der Waals surface area contributed by atoms with E-state index in [9.17, 15) is 24.6 Å². The van der Waals surface area contributed by atoms with Crippen molar-refractivity contribution in [3.05, 3.63) is 47.1 Å². The molecule has 41 heavy (non-hydrogen) atoms. The molecule has 0 aliphatic carbocycles. The van der Waals surface area contributed by atoms with E-state index in [-0.39, 0.29) is 30.0 Å². The van der Waals surface area contributed by atoms with E-state index in [1.165, 1.54) is 0 Å². The number of carboxylic acids is 2. The van der Waals surface area contributed by atoms with Gasteiger partial charge in [-0.05, 0) is 63.7 Å². The Balaban J connectivity index is 4.93. The molecule has 0 aliphatic rings. The van der Waals surface area contributed by atoms with Crippen molar-refractivity contribution in [2.45, 2.75) is 111 Å². The molecular weight excluding hydrogens is 540 g/mol. The fourth-order valence-corrected chi connectivity index (χ4v) is 5.33. The third-order valence-corrected chi connectivity index (χ3v) is 8.37. The molecule has 0 radical (unpaired) electrons. The molecule has 0 spiro atoms. The van der Waals surface area contributed by atoms with Crippen LogP contribution in [0.5, 0.6) is 0 Å². The number of hydrogen-bond donors (Lipinski definition) is 5. The molecule has 234 valence electrons. The maximum atomic E-state index is 13.0. The number of aliphatic carboxylic acids is 2. The minimum Gasteiger partial charge on any atom is -0.481 e. The van der Waals surface area contributed by atoms with E-state index in [0.717, 1.165) is 42.9 Å². The first-order valence-corrected chi connectivity index (χ1v) is 15.3. The van der Waals surface area contributed by atoms with Crippen LogP contribution in [-0.4, -0.2) is 55.6 Å². The van der Waals surface area contributed by atoms with Gasteiger partial charge < -0.3 is 20.4 Å². The average molecular weight is 595 g/mol. The minimum atomic E-state index is -1.01. The van der Waals surface area contributed by atoms with Crippen molar-refractivity contribution in [2.24, 2.45) is 29.6 Å². The highest BCUT2D eigenvalue weighted by atomic mass is 32.1. The lowest BCUT2D eigenvalue weighted by Gasteiger charge is -2.26. The fraction of sp³-hybridized carbons (Fsp3) is 0.667. The van der Waals surface area contributed by atoms with Crippen molar-refractivity contribution in [3.8, 4) is 0 Å². The van der Waals surface area contributed by atoms with Crippen LogP contribution in [-0.2, 0) is 14.4 Å². The Hall–Kier alpha value is -2.16. The molecule has 0 aromatic carbocycles. The Morgan fingerprint density at radius 3 is 2.05 bits per heavy atom. The summed E-state index contributed by atoms with van der Waals surface area (Å²) in [6.45, 7) is 15.2. The Labute approximate surface area is 252 Å². The number of Topliss-reactive ketones (excluding diaryl/α,β-unsaturated/α-hetero) is 1. The highest BCUT2D eigenvalue weighted by Gasteiger charge is 2.29. The molecule has 0 fully saturated rings. The normalized spacial score (nSPS) is 19.2. The second-order valence-corrected chi connectivity index (χ2v) is 12.5. The molecule has 0 aromatic rings. The first kappa shape index (κ1) is 38.8. The largest absolute Gasteiger partial charge is 0.481 e. The monoisotopic (exact) mass is 594 g/mol. The van der Waals surface area contributed by atoms with Crippen molar-refractivity contribution >= 4 is 30.4 Å². The summed E-state index contributed by atoms with van der Waals surface area (Å²) < 4.78 is 0. The van der Waals surface area contributed by atoms with Gasteiger partial charge in [0, 0.05) is 23.2 Å². The number of carboxylic acid groups (broad SMARTS) is 2. The number of carbonyl (C=O) groups is 3. The minimum absolute atomic E-state index is 0.0250. The number of thiol groups is 1. The van der Waals surface area contributed by atoms with Gasteiger partial charge in [0.2, 0.25) is 0 Å². The molecule has 8 atom stereocenters. The van der Waals surface area contributed by atoms with E-state index in [1.807, 2.05) is 32.9 Å². The van der Waals surface area contributed by atoms with Crippen LogP contribution in [0.3, 0.4) is 0 Å². The predicted molar refractivity (Wildman–Crippen MR) is 169 cm³/mol. The van der Waals surface area contributed by atoms with Crippen LogP contribution in [0.25, 0.3) is 0 Å². The van der Waals surface area contributed by atoms with Crippen LogP contribution in [0.1, 0.15) is 93.9 Å². The van der Waals surface area contributed by atoms with E-state index < -0.39 is 35.3 Å². The van der Waals surface area contributed by atoms with Gasteiger partial charge in [0.15, 0.2) is 0 Å². The van der Waals surface area contributed by atoms with Crippen LogP contribution in [0.4, 0.5) is 0 Å². The van der Waals surface area contributed by atoms with Gasteiger partial charge in [-0.3, -0.25) is 9.59 Å². The molecule has 0 unspecified atom stereocenters. The summed E-state index contributed by atoms with van der Waals surface area (Å²) in [7, 11) is 0. The van der Waals surface area contributed by atoms with Gasteiger partial charge in [-0.2, -0.15) is 12.6 Å². The third-order valence-electron chi connectivity index (χ3n) is 7.72. The molecule has 7 nitrogen and oxygen atoms in total. The van der Waals surface area contributed by atoms with Crippen LogP contribution in [0, 0.1) is 29.6 Å². The van der Waals surface area contributed by atoms with Crippen molar-refractivity contribution in [3.63, 3.8) is 0 Å². The summed E-state index contributed by atoms with van der Waals surface area (Å²) in [5, 5.41) is 38.5. The zero-order valence-corrected chi connectivity index (χ0v) is 27.1. The molecule has 0 aliphatic heterocycles. The number of aliphatic hydroxyl groups is 2. The number of rotatable bonds is 20. The molecule has 0 amide bonds. The Morgan fingerprint density at radius 1 is 0.902 bits per heavy atom. The van der Waals surface area contributed by atoms with Crippen LogP contribution in [0.15, 0.2) is 47.1 Å². The molecule has 0 bridgehead atoms. The number of hydrogen-bond acceptors (Lipinski definition) is 6. The first-order valence-electron chi connectivity index (χ1n) is 14.8. The van der Waals surface area contributed by atoms with Crippen LogP contribution in [0.2, 0.25) is 0 Å². The Morgan fingerprint density at radius 2 is 1.51 bits per heavy atom. The SMILES string of the molecule is CCC(=C/[C@H](C)CCC/C(C)=C/[C@@H](C)C(=O)[C@@H](C)[C@H](O)[C@@H](C)C/C(C)=C/C(=O)O)/C=C/[C@H](O)[C@@H](C)[C@H](S)CC(=O)O. The molecule has 0 saturated carbocycles. The van der Waals surface area contributed by atoms with Gasteiger partial charge in [0.05, 0.1) is 18.6 Å². The number of allylic oxidation sites excluding steroid dienone is 6. The number of aliphatic hydroxyl groups excluding tert-OH is 2. The predicted octanol–water partition coefficient (Wildman–Crippen LogP) is 6.66. The van der Waals surface area contributed by atoms with Crippen molar-refractivity contribution in [1.29, 1.82) is 0 Å². The summed E-state index contributed by atoms with van der Waals surface area (Å²) in [6.07, 6.45) is 11.3. The van der Waals surface area contributed by atoms with E-state index in [2.05, 4.69) is 32.6 Å². The van der Waals surface area contributed by atoms with E-state index >= 15 is 0 Å². The molecule has 0 aromatic heterocycles. The first-order chi connectivity index (χ1) is 19.0.